The van der Waals surface area contributed by atoms with Gasteiger partial charge in [0.15, 0.2) is 0 Å². The second-order valence-corrected chi connectivity index (χ2v) is 5.51. The van der Waals surface area contributed by atoms with Crippen molar-refractivity contribution < 1.29 is 9.53 Å². The highest BCUT2D eigenvalue weighted by atomic mass is 16.5. The van der Waals surface area contributed by atoms with Crippen LogP contribution in [0.2, 0.25) is 0 Å². The first-order valence-corrected chi connectivity index (χ1v) is 6.19. The van der Waals surface area contributed by atoms with Crippen molar-refractivity contribution in [3.05, 3.63) is 29.3 Å². The van der Waals surface area contributed by atoms with E-state index in [0.717, 1.165) is 31.3 Å². The third-order valence-corrected chi connectivity index (χ3v) is 4.00. The molecule has 92 valence electrons. The second kappa shape index (κ2) is 4.52. The number of carbonyl (C=O) groups excluding carboxylic acids is 1. The number of hydrogen-bond acceptors (Lipinski definition) is 2. The van der Waals surface area contributed by atoms with E-state index in [0.29, 0.717) is 5.92 Å². The lowest BCUT2D eigenvalue weighted by atomic mass is 9.70. The zero-order valence-corrected chi connectivity index (χ0v) is 10.8. The van der Waals surface area contributed by atoms with Gasteiger partial charge in [-0.1, -0.05) is 19.9 Å². The van der Waals surface area contributed by atoms with Gasteiger partial charge in [0, 0.05) is 5.41 Å². The Morgan fingerprint density at radius 2 is 2.12 bits per heavy atom. The summed E-state index contributed by atoms with van der Waals surface area (Å²) in [6.45, 7) is 4.08. The van der Waals surface area contributed by atoms with E-state index in [1.54, 1.807) is 7.11 Å². The van der Waals surface area contributed by atoms with Crippen LogP contribution in [0.15, 0.2) is 18.2 Å². The van der Waals surface area contributed by atoms with E-state index in [1.165, 1.54) is 11.1 Å². The summed E-state index contributed by atoms with van der Waals surface area (Å²) < 4.78 is 5.24. The number of carbonyl (C=O) groups is 1. The lowest BCUT2D eigenvalue weighted by Gasteiger charge is -2.33. The minimum Gasteiger partial charge on any atom is -0.497 e. The van der Waals surface area contributed by atoms with E-state index in [1.807, 2.05) is 19.9 Å². The van der Waals surface area contributed by atoms with Crippen LogP contribution in [0, 0.1) is 11.3 Å². The highest BCUT2D eigenvalue weighted by molar-refractivity contribution is 5.59. The normalized spacial score (nSPS) is 19.6. The Kier molecular flexibility index (Phi) is 3.23. The number of aldehydes is 1. The van der Waals surface area contributed by atoms with Crippen molar-refractivity contribution >= 4 is 6.29 Å². The van der Waals surface area contributed by atoms with Gasteiger partial charge >= 0.3 is 0 Å². The van der Waals surface area contributed by atoms with Crippen LogP contribution in [0.25, 0.3) is 0 Å². The first-order chi connectivity index (χ1) is 8.06. The van der Waals surface area contributed by atoms with E-state index >= 15 is 0 Å². The predicted octanol–water partition coefficient (Wildman–Crippen LogP) is 3.03. The monoisotopic (exact) mass is 232 g/mol. The predicted molar refractivity (Wildman–Crippen MR) is 68.4 cm³/mol. The Labute approximate surface area is 103 Å². The molecular weight excluding hydrogens is 212 g/mol. The topological polar surface area (TPSA) is 26.3 Å². The molecule has 1 aromatic carbocycles. The van der Waals surface area contributed by atoms with Crippen LogP contribution in [0.1, 0.15) is 31.4 Å². The maximum absolute atomic E-state index is 11.1. The molecule has 0 bridgehead atoms. The van der Waals surface area contributed by atoms with Gasteiger partial charge in [0.1, 0.15) is 12.0 Å². The van der Waals surface area contributed by atoms with Crippen molar-refractivity contribution in [3.8, 4) is 5.75 Å². The van der Waals surface area contributed by atoms with Gasteiger partial charge in [0.25, 0.3) is 0 Å². The largest absolute Gasteiger partial charge is 0.497 e. The van der Waals surface area contributed by atoms with Gasteiger partial charge in [-0.05, 0) is 48.4 Å². The number of benzene rings is 1. The van der Waals surface area contributed by atoms with Crippen molar-refractivity contribution in [2.45, 2.75) is 33.1 Å². The number of rotatable bonds is 3. The highest BCUT2D eigenvalue weighted by Gasteiger charge is 2.32. The molecular formula is C15H20O2. The van der Waals surface area contributed by atoms with Crippen molar-refractivity contribution in [1.29, 1.82) is 0 Å². The van der Waals surface area contributed by atoms with Gasteiger partial charge in [-0.3, -0.25) is 0 Å². The molecule has 1 atom stereocenters. The first kappa shape index (κ1) is 12.2. The molecule has 0 N–H and O–H groups in total. The van der Waals surface area contributed by atoms with Gasteiger partial charge < -0.3 is 9.53 Å². The SMILES string of the molecule is COc1ccc2c(c1)CCC(C(C)(C)C=O)C2. The summed E-state index contributed by atoms with van der Waals surface area (Å²) in [7, 11) is 1.70. The summed E-state index contributed by atoms with van der Waals surface area (Å²) in [5.41, 5.74) is 2.54. The van der Waals surface area contributed by atoms with Crippen molar-refractivity contribution in [1.82, 2.24) is 0 Å². The number of fused-ring (bicyclic) bond motifs is 1. The molecule has 2 heteroatoms. The van der Waals surface area contributed by atoms with Gasteiger partial charge in [0.2, 0.25) is 0 Å². The molecule has 0 aromatic heterocycles. The molecule has 0 radical (unpaired) electrons. The molecule has 0 saturated heterocycles. The molecule has 0 spiro atoms. The average Bonchev–Trinajstić information content (AvgIpc) is 2.37. The summed E-state index contributed by atoms with van der Waals surface area (Å²) in [5.74, 6) is 1.39. The second-order valence-electron chi connectivity index (χ2n) is 5.51. The fraction of sp³-hybridized carbons (Fsp3) is 0.533. The third kappa shape index (κ3) is 2.36. The maximum Gasteiger partial charge on any atom is 0.125 e. The third-order valence-electron chi connectivity index (χ3n) is 4.00. The highest BCUT2D eigenvalue weighted by Crippen LogP contribution is 2.37. The molecule has 0 aliphatic heterocycles. The molecule has 1 aliphatic rings. The molecule has 1 unspecified atom stereocenters. The number of methoxy groups -OCH3 is 1. The Hall–Kier alpha value is -1.31. The van der Waals surface area contributed by atoms with E-state index < -0.39 is 0 Å². The summed E-state index contributed by atoms with van der Waals surface area (Å²) in [6.07, 6.45) is 4.25. The number of ether oxygens (including phenoxy) is 1. The van der Waals surface area contributed by atoms with Crippen molar-refractivity contribution in [3.63, 3.8) is 0 Å². The first-order valence-electron chi connectivity index (χ1n) is 6.19. The molecule has 1 aromatic rings. The molecule has 0 fully saturated rings. The smallest absolute Gasteiger partial charge is 0.125 e. The van der Waals surface area contributed by atoms with Crippen LogP contribution >= 0.6 is 0 Å². The minimum absolute atomic E-state index is 0.211. The fourth-order valence-electron chi connectivity index (χ4n) is 2.59. The van der Waals surface area contributed by atoms with Crippen molar-refractivity contribution in [2.24, 2.45) is 11.3 Å². The van der Waals surface area contributed by atoms with E-state index in [9.17, 15) is 4.79 Å². The summed E-state index contributed by atoms with van der Waals surface area (Å²) >= 11 is 0. The lowest BCUT2D eigenvalue weighted by molar-refractivity contribution is -0.117. The van der Waals surface area contributed by atoms with Gasteiger partial charge in [-0.25, -0.2) is 0 Å². The zero-order valence-electron chi connectivity index (χ0n) is 10.8. The van der Waals surface area contributed by atoms with Crippen LogP contribution in [0.4, 0.5) is 0 Å². The maximum atomic E-state index is 11.1. The van der Waals surface area contributed by atoms with Crippen LogP contribution in [-0.2, 0) is 17.6 Å². The minimum atomic E-state index is -0.211. The average molecular weight is 232 g/mol. The van der Waals surface area contributed by atoms with Gasteiger partial charge in [-0.2, -0.15) is 0 Å². The quantitative estimate of drug-likeness (QED) is 0.749. The molecule has 2 nitrogen and oxygen atoms in total. The van der Waals surface area contributed by atoms with Crippen LogP contribution in [0.5, 0.6) is 5.75 Å². The zero-order chi connectivity index (χ0) is 12.5. The summed E-state index contributed by atoms with van der Waals surface area (Å²) in [6, 6.07) is 6.27. The molecule has 17 heavy (non-hydrogen) atoms. The lowest BCUT2D eigenvalue weighted by Crippen LogP contribution is -2.30. The van der Waals surface area contributed by atoms with E-state index in [-0.39, 0.29) is 5.41 Å². The Balaban J connectivity index is 2.22. The molecule has 0 amide bonds. The van der Waals surface area contributed by atoms with Crippen molar-refractivity contribution in [2.75, 3.05) is 7.11 Å². The summed E-state index contributed by atoms with van der Waals surface area (Å²) in [5, 5.41) is 0. The number of aryl methyl sites for hydroxylation is 1. The number of hydrogen-bond donors (Lipinski definition) is 0. The molecule has 0 heterocycles. The van der Waals surface area contributed by atoms with Gasteiger partial charge in [-0.15, -0.1) is 0 Å². The van der Waals surface area contributed by atoms with Crippen LogP contribution in [-0.4, -0.2) is 13.4 Å². The van der Waals surface area contributed by atoms with Crippen LogP contribution < -0.4 is 4.74 Å². The van der Waals surface area contributed by atoms with Crippen LogP contribution in [0.3, 0.4) is 0 Å². The summed E-state index contributed by atoms with van der Waals surface area (Å²) in [4.78, 5) is 11.1. The van der Waals surface area contributed by atoms with E-state index in [2.05, 4.69) is 12.1 Å². The standard InChI is InChI=1S/C15H20O2/c1-15(2,10-16)13-6-4-12-9-14(17-3)7-5-11(12)8-13/h5,7,9-10,13H,4,6,8H2,1-3H3. The van der Waals surface area contributed by atoms with Gasteiger partial charge in [0.05, 0.1) is 7.11 Å². The fourth-order valence-corrected chi connectivity index (χ4v) is 2.59. The Morgan fingerprint density at radius 1 is 1.35 bits per heavy atom. The Morgan fingerprint density at radius 3 is 2.76 bits per heavy atom. The Bertz CT molecular complexity index is 421. The van der Waals surface area contributed by atoms with E-state index in [4.69, 9.17) is 4.74 Å². The molecule has 1 aliphatic carbocycles. The molecule has 2 rings (SSSR count). The molecule has 0 saturated carbocycles.